The number of rotatable bonds is 10. The second kappa shape index (κ2) is 14.6. The zero-order valence-corrected chi connectivity index (χ0v) is 36.0. The van der Waals surface area contributed by atoms with E-state index in [1.54, 1.807) is 0 Å². The molecule has 8 aromatic carbocycles. The van der Waals surface area contributed by atoms with E-state index in [4.69, 9.17) is 0 Å². The molecule has 9 rings (SSSR count). The first kappa shape index (κ1) is 38.4. The summed E-state index contributed by atoms with van der Waals surface area (Å²) in [4.78, 5) is 5.20. The second-order valence-electron chi connectivity index (χ2n) is 17.7. The molecule has 0 N–H and O–H groups in total. The summed E-state index contributed by atoms with van der Waals surface area (Å²) < 4.78 is 0. The number of aryl methyl sites for hydroxylation is 2. The van der Waals surface area contributed by atoms with Crippen molar-refractivity contribution >= 4 is 44.3 Å². The van der Waals surface area contributed by atoms with E-state index >= 15 is 0 Å². The highest BCUT2D eigenvalue weighted by Gasteiger charge is 2.42. The van der Waals surface area contributed by atoms with Crippen LogP contribution in [0.1, 0.15) is 87.8 Å². The lowest BCUT2D eigenvalue weighted by atomic mass is 9.77. The minimum atomic E-state index is -0.335. The van der Waals surface area contributed by atoms with Crippen LogP contribution in [0.3, 0.4) is 0 Å². The molecule has 1 aliphatic carbocycles. The molecule has 0 bridgehead atoms. The lowest BCUT2D eigenvalue weighted by Gasteiger charge is -2.44. The maximum atomic E-state index is 2.60. The average Bonchev–Trinajstić information content (AvgIpc) is 3.49. The fourth-order valence-corrected chi connectivity index (χ4v) is 9.96. The van der Waals surface area contributed by atoms with Crippen molar-refractivity contribution in [1.82, 2.24) is 0 Å². The van der Waals surface area contributed by atoms with Gasteiger partial charge in [0.1, 0.15) is 0 Å². The highest BCUT2D eigenvalue weighted by atomic mass is 15.2. The highest BCUT2D eigenvalue weighted by Crippen LogP contribution is 2.54. The number of anilines is 4. The Morgan fingerprint density at radius 3 is 1.20 bits per heavy atom. The van der Waals surface area contributed by atoms with Gasteiger partial charge in [-0.1, -0.05) is 172 Å². The van der Waals surface area contributed by atoms with Crippen molar-refractivity contribution in [2.24, 2.45) is 0 Å². The van der Waals surface area contributed by atoms with Crippen molar-refractivity contribution in [3.63, 3.8) is 0 Å². The van der Waals surface area contributed by atoms with Gasteiger partial charge in [0.25, 0.3) is 0 Å². The van der Waals surface area contributed by atoms with Gasteiger partial charge in [-0.3, -0.25) is 0 Å². The van der Waals surface area contributed by atoms with Crippen LogP contribution in [0.5, 0.6) is 0 Å². The Morgan fingerprint density at radius 2 is 0.814 bits per heavy atom. The number of nitrogens with zero attached hydrogens (tertiary/aromatic N) is 2. The van der Waals surface area contributed by atoms with Gasteiger partial charge in [-0.15, -0.1) is 0 Å². The molecular weight excluding hydrogens is 713 g/mol. The SMILES string of the molecule is CCC(C)(c1ccc2c(c1)C(C)(C)c1cc(C(C)(CC)N(c3ccc(C)cc3)c3cccc4ccccc34)ccc1-2)N(c1ccc(C)cc1)c1cccc2ccccc12. The number of hydrogen-bond donors (Lipinski definition) is 0. The standard InChI is InChI=1S/C57H56N2/c1-9-56(7,58(45-31-25-39(3)26-32-45)53-23-15-19-41-17-11-13-21-47(41)53)43-29-35-49-50-36-30-44(38-52(50)55(5,6)51(49)37-43)57(8,10-2)59(46-33-27-40(4)28-34-46)54-24-16-20-42-18-12-14-22-48(42)54/h11-38H,9-10H2,1-8H3. The first-order valence-electron chi connectivity index (χ1n) is 21.5. The van der Waals surface area contributed by atoms with Crippen LogP contribution in [0.4, 0.5) is 22.7 Å². The molecule has 0 amide bonds. The van der Waals surface area contributed by atoms with Gasteiger partial charge in [0.15, 0.2) is 0 Å². The third-order valence-electron chi connectivity index (χ3n) is 13.9. The molecule has 2 atom stereocenters. The average molecular weight is 769 g/mol. The molecule has 1 aliphatic rings. The van der Waals surface area contributed by atoms with E-state index in [9.17, 15) is 0 Å². The fraction of sp³-hybridized carbons (Fsp3) is 0.228. The first-order chi connectivity index (χ1) is 28.5. The molecule has 0 saturated carbocycles. The quantitative estimate of drug-likeness (QED) is 0.137. The molecule has 0 spiro atoms. The molecular formula is C57H56N2. The summed E-state index contributed by atoms with van der Waals surface area (Å²) in [7, 11) is 0. The predicted octanol–water partition coefficient (Wildman–Crippen LogP) is 15.8. The van der Waals surface area contributed by atoms with Gasteiger partial charge in [0.05, 0.1) is 11.1 Å². The molecule has 2 heteroatoms. The zero-order chi connectivity index (χ0) is 41.1. The molecule has 0 aliphatic heterocycles. The lowest BCUT2D eigenvalue weighted by molar-refractivity contribution is 0.462. The van der Waals surface area contributed by atoms with Crippen LogP contribution >= 0.6 is 0 Å². The number of benzene rings is 8. The molecule has 0 aromatic heterocycles. The maximum Gasteiger partial charge on any atom is 0.0672 e. The van der Waals surface area contributed by atoms with E-state index in [2.05, 4.69) is 235 Å². The van der Waals surface area contributed by atoms with Gasteiger partial charge in [-0.05, 0) is 121 Å². The van der Waals surface area contributed by atoms with Crippen molar-refractivity contribution < 1.29 is 0 Å². The Balaban J connectivity index is 1.17. The molecule has 2 nitrogen and oxygen atoms in total. The van der Waals surface area contributed by atoms with E-state index in [0.29, 0.717) is 0 Å². The van der Waals surface area contributed by atoms with E-state index in [-0.39, 0.29) is 16.5 Å². The Bertz CT molecular complexity index is 2630. The van der Waals surface area contributed by atoms with Gasteiger partial charge in [0.2, 0.25) is 0 Å². The topological polar surface area (TPSA) is 6.48 Å². The number of fused-ring (bicyclic) bond motifs is 5. The maximum absolute atomic E-state index is 2.60. The minimum absolute atomic E-state index is 0.206. The lowest BCUT2D eigenvalue weighted by Crippen LogP contribution is -2.41. The van der Waals surface area contributed by atoms with Gasteiger partial charge >= 0.3 is 0 Å². The van der Waals surface area contributed by atoms with Crippen LogP contribution in [-0.4, -0.2) is 0 Å². The third kappa shape index (κ3) is 6.24. The summed E-state index contributed by atoms with van der Waals surface area (Å²) in [5.74, 6) is 0. The molecule has 0 heterocycles. The monoisotopic (exact) mass is 768 g/mol. The summed E-state index contributed by atoms with van der Waals surface area (Å²) in [6, 6.07) is 63.9. The molecule has 8 aromatic rings. The Morgan fingerprint density at radius 1 is 0.441 bits per heavy atom. The van der Waals surface area contributed by atoms with E-state index < -0.39 is 0 Å². The fourth-order valence-electron chi connectivity index (χ4n) is 9.96. The summed E-state index contributed by atoms with van der Waals surface area (Å²) in [5.41, 5.74) is 14.6. The minimum Gasteiger partial charge on any atom is -0.331 e. The molecule has 0 radical (unpaired) electrons. The van der Waals surface area contributed by atoms with Crippen LogP contribution in [0.2, 0.25) is 0 Å². The van der Waals surface area contributed by atoms with E-state index in [1.807, 2.05) is 0 Å². The zero-order valence-electron chi connectivity index (χ0n) is 36.0. The predicted molar refractivity (Wildman–Crippen MR) is 254 cm³/mol. The van der Waals surface area contributed by atoms with Crippen molar-refractivity contribution in [2.45, 2.75) is 84.7 Å². The van der Waals surface area contributed by atoms with Crippen LogP contribution in [-0.2, 0) is 16.5 Å². The van der Waals surface area contributed by atoms with Crippen LogP contribution < -0.4 is 9.80 Å². The van der Waals surface area contributed by atoms with Gasteiger partial charge in [0, 0.05) is 38.9 Å². The Hall–Kier alpha value is -6.12. The summed E-state index contributed by atoms with van der Waals surface area (Å²) in [5, 5.41) is 5.03. The third-order valence-corrected chi connectivity index (χ3v) is 13.9. The van der Waals surface area contributed by atoms with Crippen LogP contribution in [0, 0.1) is 13.8 Å². The Labute approximate surface area is 351 Å². The van der Waals surface area contributed by atoms with Crippen molar-refractivity contribution in [3.8, 4) is 11.1 Å². The number of hydrogen-bond acceptors (Lipinski definition) is 2. The smallest absolute Gasteiger partial charge is 0.0672 e. The summed E-state index contributed by atoms with van der Waals surface area (Å²) in [6.45, 7) is 18.8. The van der Waals surface area contributed by atoms with Gasteiger partial charge in [-0.2, -0.15) is 0 Å². The first-order valence-corrected chi connectivity index (χ1v) is 21.5. The normalized spacial score (nSPS) is 15.0. The van der Waals surface area contributed by atoms with E-state index in [0.717, 1.165) is 12.8 Å². The Kier molecular flexibility index (Phi) is 9.51. The van der Waals surface area contributed by atoms with Crippen molar-refractivity contribution in [2.75, 3.05) is 9.80 Å². The largest absolute Gasteiger partial charge is 0.331 e. The summed E-state index contributed by atoms with van der Waals surface area (Å²) in [6.07, 6.45) is 1.86. The molecule has 0 fully saturated rings. The van der Waals surface area contributed by atoms with Crippen molar-refractivity contribution in [3.05, 3.63) is 203 Å². The van der Waals surface area contributed by atoms with E-state index in [1.165, 1.54) is 88.8 Å². The van der Waals surface area contributed by atoms with Crippen LogP contribution in [0.25, 0.3) is 32.7 Å². The van der Waals surface area contributed by atoms with Crippen molar-refractivity contribution in [1.29, 1.82) is 0 Å². The highest BCUT2D eigenvalue weighted by molar-refractivity contribution is 5.98. The molecule has 294 valence electrons. The second-order valence-corrected chi connectivity index (χ2v) is 17.7. The molecule has 0 saturated heterocycles. The van der Waals surface area contributed by atoms with Gasteiger partial charge < -0.3 is 9.80 Å². The molecule has 2 unspecified atom stereocenters. The van der Waals surface area contributed by atoms with Crippen LogP contribution in [0.15, 0.2) is 170 Å². The molecule has 59 heavy (non-hydrogen) atoms. The summed E-state index contributed by atoms with van der Waals surface area (Å²) >= 11 is 0. The van der Waals surface area contributed by atoms with Gasteiger partial charge in [-0.25, -0.2) is 0 Å².